The molecule has 0 aliphatic carbocycles. The normalized spacial score (nSPS) is 17.1. The minimum absolute atomic E-state index is 0.0142. The van der Waals surface area contributed by atoms with Gasteiger partial charge in [-0.15, -0.1) is 0 Å². The van der Waals surface area contributed by atoms with Crippen molar-refractivity contribution in [1.29, 1.82) is 0 Å². The van der Waals surface area contributed by atoms with Crippen LogP contribution in [-0.2, 0) is 4.74 Å². The van der Waals surface area contributed by atoms with E-state index in [9.17, 15) is 0 Å². The molecule has 122 valence electrons. The van der Waals surface area contributed by atoms with Crippen LogP contribution in [0.25, 0.3) is 0 Å². The molecule has 1 fully saturated rings. The Kier molecular flexibility index (Phi) is 5.81. The summed E-state index contributed by atoms with van der Waals surface area (Å²) in [6.07, 6.45) is 0.0142. The van der Waals surface area contributed by atoms with E-state index in [-0.39, 0.29) is 6.10 Å². The molecule has 0 amide bonds. The highest BCUT2D eigenvalue weighted by molar-refractivity contribution is 5.35. The van der Waals surface area contributed by atoms with Crippen molar-refractivity contribution in [2.75, 3.05) is 39.3 Å². The maximum atomic E-state index is 6.34. The number of hydrogen-bond acceptors (Lipinski definition) is 3. The maximum Gasteiger partial charge on any atom is 0.108 e. The first kappa shape index (κ1) is 16.2. The molecule has 2 aromatic rings. The van der Waals surface area contributed by atoms with Crippen LogP contribution >= 0.6 is 0 Å². The molecule has 3 nitrogen and oxygen atoms in total. The molecule has 0 bridgehead atoms. The Bertz CT molecular complexity index is 594. The minimum atomic E-state index is 0.0142. The Labute approximate surface area is 139 Å². The van der Waals surface area contributed by atoms with Crippen molar-refractivity contribution in [3.8, 4) is 0 Å². The molecule has 0 spiro atoms. The Morgan fingerprint density at radius 3 is 2.43 bits per heavy atom. The Morgan fingerprint density at radius 2 is 1.70 bits per heavy atom. The second-order valence-electron chi connectivity index (χ2n) is 6.11. The molecule has 1 aliphatic heterocycles. The summed E-state index contributed by atoms with van der Waals surface area (Å²) in [5.41, 5.74) is 3.77. The highest BCUT2D eigenvalue weighted by atomic mass is 16.5. The van der Waals surface area contributed by atoms with Crippen LogP contribution < -0.4 is 5.32 Å². The van der Waals surface area contributed by atoms with Gasteiger partial charge in [0.05, 0.1) is 6.61 Å². The molecule has 3 rings (SSSR count). The summed E-state index contributed by atoms with van der Waals surface area (Å²) in [6, 6.07) is 19.0. The minimum Gasteiger partial charge on any atom is -0.367 e. The van der Waals surface area contributed by atoms with Gasteiger partial charge in [0, 0.05) is 32.7 Å². The Morgan fingerprint density at radius 1 is 1.00 bits per heavy atom. The van der Waals surface area contributed by atoms with Gasteiger partial charge in [-0.2, -0.15) is 0 Å². The molecule has 1 aliphatic rings. The lowest BCUT2D eigenvalue weighted by molar-refractivity contribution is 0.0570. The molecule has 1 N–H and O–H groups in total. The fourth-order valence-corrected chi connectivity index (χ4v) is 3.11. The summed E-state index contributed by atoms with van der Waals surface area (Å²) in [4.78, 5) is 2.47. The molecular formula is C20H26N2O. The van der Waals surface area contributed by atoms with Gasteiger partial charge in [0.1, 0.15) is 6.10 Å². The molecule has 0 aromatic heterocycles. The van der Waals surface area contributed by atoms with Gasteiger partial charge in [0.2, 0.25) is 0 Å². The van der Waals surface area contributed by atoms with Crippen LogP contribution in [0.2, 0.25) is 0 Å². The Hall–Kier alpha value is -1.68. The highest BCUT2D eigenvalue weighted by Crippen LogP contribution is 2.28. The van der Waals surface area contributed by atoms with E-state index in [1.807, 2.05) is 0 Å². The lowest BCUT2D eigenvalue weighted by Gasteiger charge is -2.28. The van der Waals surface area contributed by atoms with E-state index < -0.39 is 0 Å². The monoisotopic (exact) mass is 310 g/mol. The van der Waals surface area contributed by atoms with E-state index in [1.165, 1.54) is 16.7 Å². The third kappa shape index (κ3) is 4.41. The van der Waals surface area contributed by atoms with E-state index in [0.717, 1.165) is 39.3 Å². The quantitative estimate of drug-likeness (QED) is 0.887. The van der Waals surface area contributed by atoms with Gasteiger partial charge in [-0.05, 0) is 23.6 Å². The molecule has 0 radical (unpaired) electrons. The van der Waals surface area contributed by atoms with Crippen molar-refractivity contribution >= 4 is 0 Å². The van der Waals surface area contributed by atoms with Crippen LogP contribution in [0, 0.1) is 6.92 Å². The standard InChI is InChI=1S/C20H26N2O/c1-17-7-5-6-10-19(17)20(18-8-3-2-4-9-18)23-16-15-22-13-11-21-12-14-22/h2-10,20-21H,11-16H2,1H3. The number of nitrogens with zero attached hydrogens (tertiary/aromatic N) is 1. The zero-order valence-electron chi connectivity index (χ0n) is 13.9. The summed E-state index contributed by atoms with van der Waals surface area (Å²) >= 11 is 0. The molecule has 1 saturated heterocycles. The molecule has 3 heteroatoms. The van der Waals surface area contributed by atoms with Crippen molar-refractivity contribution in [3.05, 3.63) is 71.3 Å². The first-order valence-corrected chi connectivity index (χ1v) is 8.50. The van der Waals surface area contributed by atoms with Gasteiger partial charge in [-0.25, -0.2) is 0 Å². The Balaban J connectivity index is 1.69. The lowest BCUT2D eigenvalue weighted by Crippen LogP contribution is -2.44. The van der Waals surface area contributed by atoms with Gasteiger partial charge in [0.25, 0.3) is 0 Å². The molecule has 1 unspecified atom stereocenters. The first-order chi connectivity index (χ1) is 11.3. The van der Waals surface area contributed by atoms with Gasteiger partial charge in [-0.1, -0.05) is 54.6 Å². The lowest BCUT2D eigenvalue weighted by atomic mass is 9.97. The molecule has 1 atom stereocenters. The maximum absolute atomic E-state index is 6.34. The second kappa shape index (κ2) is 8.25. The summed E-state index contributed by atoms with van der Waals surface area (Å²) < 4.78 is 6.34. The topological polar surface area (TPSA) is 24.5 Å². The fraction of sp³-hybridized carbons (Fsp3) is 0.400. The van der Waals surface area contributed by atoms with Gasteiger partial charge >= 0.3 is 0 Å². The van der Waals surface area contributed by atoms with Gasteiger partial charge in [0.15, 0.2) is 0 Å². The third-order valence-corrected chi connectivity index (χ3v) is 4.47. The average molecular weight is 310 g/mol. The van der Waals surface area contributed by atoms with Crippen LogP contribution in [0.5, 0.6) is 0 Å². The van der Waals surface area contributed by atoms with E-state index in [4.69, 9.17) is 4.74 Å². The summed E-state index contributed by atoms with van der Waals surface area (Å²) in [7, 11) is 0. The predicted octanol–water partition coefficient (Wildman–Crippen LogP) is 3.01. The van der Waals surface area contributed by atoms with Crippen molar-refractivity contribution in [3.63, 3.8) is 0 Å². The van der Waals surface area contributed by atoms with Crippen LogP contribution in [0.4, 0.5) is 0 Å². The van der Waals surface area contributed by atoms with Crippen molar-refractivity contribution in [2.24, 2.45) is 0 Å². The molecule has 23 heavy (non-hydrogen) atoms. The third-order valence-electron chi connectivity index (χ3n) is 4.47. The zero-order valence-corrected chi connectivity index (χ0v) is 13.9. The fourth-order valence-electron chi connectivity index (χ4n) is 3.11. The molecule has 2 aromatic carbocycles. The molecule has 0 saturated carbocycles. The number of piperazine rings is 1. The van der Waals surface area contributed by atoms with E-state index in [0.29, 0.717) is 0 Å². The number of aryl methyl sites for hydroxylation is 1. The molecule has 1 heterocycles. The number of ether oxygens (including phenoxy) is 1. The van der Waals surface area contributed by atoms with E-state index in [2.05, 4.69) is 71.7 Å². The largest absolute Gasteiger partial charge is 0.367 e. The second-order valence-corrected chi connectivity index (χ2v) is 6.11. The van der Waals surface area contributed by atoms with Gasteiger partial charge in [-0.3, -0.25) is 4.90 Å². The number of nitrogens with one attached hydrogen (secondary N) is 1. The number of hydrogen-bond donors (Lipinski definition) is 1. The average Bonchev–Trinajstić information content (AvgIpc) is 2.61. The predicted molar refractivity (Wildman–Crippen MR) is 94.7 cm³/mol. The number of benzene rings is 2. The van der Waals surface area contributed by atoms with E-state index >= 15 is 0 Å². The van der Waals surface area contributed by atoms with Crippen LogP contribution in [0.15, 0.2) is 54.6 Å². The highest BCUT2D eigenvalue weighted by Gasteiger charge is 2.17. The van der Waals surface area contributed by atoms with Crippen molar-refractivity contribution in [1.82, 2.24) is 10.2 Å². The molecular weight excluding hydrogens is 284 g/mol. The zero-order chi connectivity index (χ0) is 15.9. The van der Waals surface area contributed by atoms with Gasteiger partial charge < -0.3 is 10.1 Å². The van der Waals surface area contributed by atoms with Crippen LogP contribution in [-0.4, -0.2) is 44.2 Å². The number of rotatable bonds is 6. The summed E-state index contributed by atoms with van der Waals surface area (Å²) in [6.45, 7) is 8.31. The van der Waals surface area contributed by atoms with Crippen LogP contribution in [0.1, 0.15) is 22.8 Å². The smallest absolute Gasteiger partial charge is 0.108 e. The first-order valence-electron chi connectivity index (χ1n) is 8.50. The SMILES string of the molecule is Cc1ccccc1C(OCCN1CCNCC1)c1ccccc1. The van der Waals surface area contributed by atoms with Crippen molar-refractivity contribution in [2.45, 2.75) is 13.0 Å². The summed E-state index contributed by atoms with van der Waals surface area (Å²) in [5.74, 6) is 0. The van der Waals surface area contributed by atoms with Crippen LogP contribution in [0.3, 0.4) is 0 Å². The van der Waals surface area contributed by atoms with Crippen molar-refractivity contribution < 1.29 is 4.74 Å². The van der Waals surface area contributed by atoms with E-state index in [1.54, 1.807) is 0 Å². The summed E-state index contributed by atoms with van der Waals surface area (Å²) in [5, 5.41) is 3.39.